The van der Waals surface area contributed by atoms with Gasteiger partial charge in [-0.15, -0.1) is 0 Å². The summed E-state index contributed by atoms with van der Waals surface area (Å²) in [6.07, 6.45) is 1.56. The minimum absolute atomic E-state index is 0.0976. The summed E-state index contributed by atoms with van der Waals surface area (Å²) in [5, 5.41) is 13.0. The molecule has 1 aromatic heterocycles. The third-order valence-electron chi connectivity index (χ3n) is 5.17. The summed E-state index contributed by atoms with van der Waals surface area (Å²) in [5.74, 6) is -1.35. The van der Waals surface area contributed by atoms with E-state index in [-0.39, 0.29) is 26.7 Å². The molecule has 35 heavy (non-hydrogen) atoms. The molecule has 8 nitrogen and oxygen atoms in total. The molecular formula is C24H19Cl2N3O5S. The molecule has 0 aliphatic rings. The van der Waals surface area contributed by atoms with E-state index in [0.29, 0.717) is 17.4 Å². The maximum Gasteiger partial charge on any atom is 0.326 e. The molecule has 180 valence electrons. The van der Waals surface area contributed by atoms with Crippen molar-refractivity contribution in [1.29, 1.82) is 0 Å². The predicted molar refractivity (Wildman–Crippen MR) is 135 cm³/mol. The summed E-state index contributed by atoms with van der Waals surface area (Å²) >= 11 is 11.9. The molecule has 4 aromatic rings. The van der Waals surface area contributed by atoms with Crippen LogP contribution in [-0.4, -0.2) is 36.6 Å². The number of amides is 1. The molecule has 0 atom stereocenters. The van der Waals surface area contributed by atoms with Crippen LogP contribution in [0.4, 0.5) is 10.5 Å². The van der Waals surface area contributed by atoms with Gasteiger partial charge in [-0.25, -0.2) is 13.2 Å². The standard InChI is InChI=1S/C24H19Cl2N3O5S/c25-18-11-19(26)13-21(12-18)35(33,34)29(15-23(30)31)20-6-7-22-17(10-20)8-9-28(22)24(32)27-14-16-4-2-1-3-5-16/h1-13H,14-15H2,(H,27,32)(H,30,31). The van der Waals surface area contributed by atoms with Crippen LogP contribution in [0.3, 0.4) is 0 Å². The number of nitrogens with zero attached hydrogens (tertiary/aromatic N) is 2. The average molecular weight is 532 g/mol. The van der Waals surface area contributed by atoms with E-state index in [1.807, 2.05) is 30.3 Å². The normalized spacial score (nSPS) is 11.4. The van der Waals surface area contributed by atoms with Crippen molar-refractivity contribution in [3.8, 4) is 0 Å². The lowest BCUT2D eigenvalue weighted by Crippen LogP contribution is -2.35. The van der Waals surface area contributed by atoms with Gasteiger partial charge in [0.1, 0.15) is 6.54 Å². The van der Waals surface area contributed by atoms with E-state index in [4.69, 9.17) is 23.2 Å². The molecule has 11 heteroatoms. The van der Waals surface area contributed by atoms with Gasteiger partial charge in [0.15, 0.2) is 0 Å². The first-order valence-electron chi connectivity index (χ1n) is 10.3. The van der Waals surface area contributed by atoms with Gasteiger partial charge in [-0.3, -0.25) is 13.7 Å². The van der Waals surface area contributed by atoms with E-state index in [1.165, 1.54) is 34.9 Å². The molecule has 1 amide bonds. The second kappa shape index (κ2) is 9.99. The number of carbonyl (C=O) groups excluding carboxylic acids is 1. The molecule has 0 bridgehead atoms. The van der Waals surface area contributed by atoms with Gasteiger partial charge in [-0.05, 0) is 48.0 Å². The number of carbonyl (C=O) groups is 2. The molecule has 0 radical (unpaired) electrons. The SMILES string of the molecule is O=C(O)CN(c1ccc2c(ccn2C(=O)NCc2ccccc2)c1)S(=O)(=O)c1cc(Cl)cc(Cl)c1. The summed E-state index contributed by atoms with van der Waals surface area (Å²) < 4.78 is 28.8. The lowest BCUT2D eigenvalue weighted by Gasteiger charge is -2.23. The van der Waals surface area contributed by atoms with Crippen LogP contribution < -0.4 is 9.62 Å². The smallest absolute Gasteiger partial charge is 0.326 e. The molecule has 0 saturated heterocycles. The van der Waals surface area contributed by atoms with Crippen LogP contribution in [0.25, 0.3) is 10.9 Å². The van der Waals surface area contributed by atoms with E-state index in [0.717, 1.165) is 9.87 Å². The van der Waals surface area contributed by atoms with Crippen molar-refractivity contribution in [2.75, 3.05) is 10.8 Å². The zero-order chi connectivity index (χ0) is 25.2. The highest BCUT2D eigenvalue weighted by atomic mass is 35.5. The molecular weight excluding hydrogens is 513 g/mol. The number of hydrogen-bond donors (Lipinski definition) is 2. The van der Waals surface area contributed by atoms with Crippen LogP contribution in [0.15, 0.2) is 83.9 Å². The van der Waals surface area contributed by atoms with Crippen LogP contribution in [0.2, 0.25) is 10.0 Å². The van der Waals surface area contributed by atoms with E-state index in [9.17, 15) is 23.1 Å². The molecule has 0 fully saturated rings. The Bertz CT molecular complexity index is 1500. The van der Waals surface area contributed by atoms with Crippen LogP contribution in [0, 0.1) is 0 Å². The van der Waals surface area contributed by atoms with Gasteiger partial charge in [0.25, 0.3) is 10.0 Å². The zero-order valence-corrected chi connectivity index (χ0v) is 20.4. The van der Waals surface area contributed by atoms with E-state index in [2.05, 4.69) is 5.32 Å². The van der Waals surface area contributed by atoms with Crippen LogP contribution in [0.1, 0.15) is 5.56 Å². The van der Waals surface area contributed by atoms with Crippen LogP contribution in [0.5, 0.6) is 0 Å². The van der Waals surface area contributed by atoms with Gasteiger partial charge in [-0.2, -0.15) is 0 Å². The number of sulfonamides is 1. The van der Waals surface area contributed by atoms with Crippen molar-refractivity contribution in [3.63, 3.8) is 0 Å². The molecule has 0 unspecified atom stereocenters. The number of aromatic nitrogens is 1. The van der Waals surface area contributed by atoms with Gasteiger partial charge in [0.05, 0.1) is 16.1 Å². The monoisotopic (exact) mass is 531 g/mol. The number of aliphatic carboxylic acids is 1. The first-order valence-corrected chi connectivity index (χ1v) is 12.5. The zero-order valence-electron chi connectivity index (χ0n) is 18.1. The highest BCUT2D eigenvalue weighted by Gasteiger charge is 2.28. The Labute approximate surface area is 211 Å². The van der Waals surface area contributed by atoms with Crippen molar-refractivity contribution in [2.45, 2.75) is 11.4 Å². The molecule has 0 aliphatic heterocycles. The van der Waals surface area contributed by atoms with Crippen molar-refractivity contribution in [1.82, 2.24) is 9.88 Å². The number of nitrogens with one attached hydrogen (secondary N) is 1. The topological polar surface area (TPSA) is 109 Å². The van der Waals surface area contributed by atoms with Crippen molar-refractivity contribution in [3.05, 3.63) is 94.6 Å². The summed E-state index contributed by atoms with van der Waals surface area (Å²) in [6.45, 7) is -0.486. The molecule has 2 N–H and O–H groups in total. The second-order valence-corrected chi connectivity index (χ2v) is 10.3. The van der Waals surface area contributed by atoms with Crippen molar-refractivity contribution >= 4 is 61.8 Å². The Kier molecular flexibility index (Phi) is 7.02. The first kappa shape index (κ1) is 24.6. The van der Waals surface area contributed by atoms with Crippen molar-refractivity contribution in [2.24, 2.45) is 0 Å². The number of carboxylic acids is 1. The molecule has 0 aliphatic carbocycles. The number of halogens is 2. The fourth-order valence-electron chi connectivity index (χ4n) is 3.56. The average Bonchev–Trinajstić information content (AvgIpc) is 3.24. The van der Waals surface area contributed by atoms with Crippen LogP contribution in [-0.2, 0) is 21.4 Å². The Morgan fingerprint density at radius 1 is 0.943 bits per heavy atom. The predicted octanol–water partition coefficient (Wildman–Crippen LogP) is 4.99. The maximum absolute atomic E-state index is 13.3. The van der Waals surface area contributed by atoms with Gasteiger partial charge >= 0.3 is 12.0 Å². The molecule has 3 aromatic carbocycles. The number of rotatable bonds is 7. The summed E-state index contributed by atoms with van der Waals surface area (Å²) in [7, 11) is -4.31. The minimum atomic E-state index is -4.31. The van der Waals surface area contributed by atoms with Crippen LogP contribution >= 0.6 is 23.2 Å². The fourth-order valence-corrected chi connectivity index (χ4v) is 5.70. The summed E-state index contributed by atoms with van der Waals surface area (Å²) in [4.78, 5) is 24.0. The molecule has 0 saturated carbocycles. The summed E-state index contributed by atoms with van der Waals surface area (Å²) in [6, 6.07) is 19.0. The number of anilines is 1. The van der Waals surface area contributed by atoms with Gasteiger partial charge in [0.2, 0.25) is 0 Å². The fraction of sp³-hybridized carbons (Fsp3) is 0.0833. The Morgan fingerprint density at radius 2 is 1.63 bits per heavy atom. The third kappa shape index (κ3) is 5.43. The van der Waals surface area contributed by atoms with Gasteiger partial charge < -0.3 is 10.4 Å². The lowest BCUT2D eigenvalue weighted by atomic mass is 10.2. The highest BCUT2D eigenvalue weighted by Crippen LogP contribution is 2.30. The largest absolute Gasteiger partial charge is 0.480 e. The molecule has 0 spiro atoms. The summed E-state index contributed by atoms with van der Waals surface area (Å²) in [5.41, 5.74) is 1.58. The first-order chi connectivity index (χ1) is 16.6. The Hall–Kier alpha value is -3.53. The van der Waals surface area contributed by atoms with E-state index >= 15 is 0 Å². The molecule has 1 heterocycles. The number of carboxylic acid groups (broad SMARTS) is 1. The number of benzene rings is 3. The second-order valence-electron chi connectivity index (χ2n) is 7.58. The molecule has 4 rings (SSSR count). The van der Waals surface area contributed by atoms with Gasteiger partial charge in [0, 0.05) is 28.2 Å². The lowest BCUT2D eigenvalue weighted by molar-refractivity contribution is -0.135. The van der Waals surface area contributed by atoms with Gasteiger partial charge in [-0.1, -0.05) is 53.5 Å². The minimum Gasteiger partial charge on any atom is -0.480 e. The highest BCUT2D eigenvalue weighted by molar-refractivity contribution is 7.92. The quantitative estimate of drug-likeness (QED) is 0.349. The Morgan fingerprint density at radius 3 is 2.29 bits per heavy atom. The number of hydrogen-bond acceptors (Lipinski definition) is 4. The third-order valence-corrected chi connectivity index (χ3v) is 7.36. The Balaban J connectivity index is 1.66. The van der Waals surface area contributed by atoms with E-state index in [1.54, 1.807) is 18.3 Å². The van der Waals surface area contributed by atoms with E-state index < -0.39 is 22.5 Å². The maximum atomic E-state index is 13.3. The number of fused-ring (bicyclic) bond motifs is 1. The van der Waals surface area contributed by atoms with Crippen molar-refractivity contribution < 1.29 is 23.1 Å².